The van der Waals surface area contributed by atoms with Crippen LogP contribution in [0.4, 0.5) is 11.4 Å². The molecule has 2 amide bonds. The molecule has 9 nitrogen and oxygen atoms in total. The normalized spacial score (nSPS) is 28.4. The van der Waals surface area contributed by atoms with Crippen LogP contribution in [0.3, 0.4) is 0 Å². The lowest BCUT2D eigenvalue weighted by atomic mass is 9.70. The van der Waals surface area contributed by atoms with E-state index in [0.717, 1.165) is 10.2 Å². The number of ether oxygens (including phenoxy) is 1. The summed E-state index contributed by atoms with van der Waals surface area (Å²) in [6, 6.07) is 20.4. The second-order valence-corrected chi connectivity index (χ2v) is 11.4. The third-order valence-electron chi connectivity index (χ3n) is 8.43. The van der Waals surface area contributed by atoms with E-state index in [9.17, 15) is 19.5 Å². The van der Waals surface area contributed by atoms with E-state index in [2.05, 4.69) is 15.9 Å². The smallest absolute Gasteiger partial charge is 0.240 e. The molecular formula is C30H20BrN3O6. The van der Waals surface area contributed by atoms with Gasteiger partial charge in [0.05, 0.1) is 64.0 Å². The van der Waals surface area contributed by atoms with Crippen LogP contribution in [0, 0.1) is 17.8 Å². The fraction of sp³-hybridized carbons (Fsp3) is 0.200. The molecule has 0 aliphatic carbocycles. The highest BCUT2D eigenvalue weighted by atomic mass is 79.9. The standard InChI is InChI=1S/C30H20BrN3O6/c31-14-6-11-20-18(12-14)26(36)19(13-39-20)24-23-25(34(32-24)16-4-2-1-3-5-16)28-22-21(27(23)40-28)29(37)33(30(22)38)15-7-9-17(35)10-8-15/h1-13,21-23,25,27-28,35H. The van der Waals surface area contributed by atoms with Gasteiger partial charge in [-0.15, -0.1) is 0 Å². The maximum atomic E-state index is 13.8. The third-order valence-corrected chi connectivity index (χ3v) is 8.92. The van der Waals surface area contributed by atoms with Crippen molar-refractivity contribution in [1.29, 1.82) is 0 Å². The molecule has 198 valence electrons. The number of phenols is 1. The summed E-state index contributed by atoms with van der Waals surface area (Å²) in [7, 11) is 0. The minimum Gasteiger partial charge on any atom is -0.508 e. The molecule has 0 saturated carbocycles. The highest BCUT2D eigenvalue weighted by Crippen LogP contribution is 2.56. The number of phenolic OH excluding ortho intramolecular Hbond substituents is 1. The van der Waals surface area contributed by atoms with Gasteiger partial charge in [-0.1, -0.05) is 34.1 Å². The molecule has 5 heterocycles. The average molecular weight is 598 g/mol. The van der Waals surface area contributed by atoms with Crippen LogP contribution in [0.5, 0.6) is 5.75 Å². The number of amides is 2. The van der Waals surface area contributed by atoms with E-state index in [4.69, 9.17) is 14.3 Å². The number of carbonyl (C=O) groups excluding carboxylic acids is 2. The summed E-state index contributed by atoms with van der Waals surface area (Å²) in [6.45, 7) is 0. The molecule has 4 aliphatic rings. The lowest BCUT2D eigenvalue weighted by molar-refractivity contribution is -0.125. The van der Waals surface area contributed by atoms with Gasteiger partial charge in [0, 0.05) is 4.47 Å². The van der Waals surface area contributed by atoms with Crippen LogP contribution in [0.2, 0.25) is 0 Å². The molecule has 1 N–H and O–H groups in total. The lowest BCUT2D eigenvalue weighted by Crippen LogP contribution is -2.50. The Morgan fingerprint density at radius 2 is 1.55 bits per heavy atom. The number of hydrogen-bond donors (Lipinski definition) is 1. The van der Waals surface area contributed by atoms with Gasteiger partial charge in [-0.3, -0.25) is 19.4 Å². The van der Waals surface area contributed by atoms with Crippen molar-refractivity contribution >= 4 is 55.8 Å². The van der Waals surface area contributed by atoms with Gasteiger partial charge in [-0.2, -0.15) is 5.10 Å². The Bertz CT molecular complexity index is 1820. The number of fused-ring (bicyclic) bond motifs is 9. The van der Waals surface area contributed by atoms with Crippen molar-refractivity contribution in [3.8, 4) is 5.75 Å². The van der Waals surface area contributed by atoms with E-state index in [1.807, 2.05) is 35.3 Å². The Labute approximate surface area is 235 Å². The SMILES string of the molecule is O=C1C2C3OC(C2C(=O)N1c1ccc(O)cc1)C1C3C(c2coc3ccc(Br)cc3c2=O)=NN1c1ccccc1. The molecule has 0 spiro atoms. The molecule has 3 aromatic carbocycles. The van der Waals surface area contributed by atoms with Gasteiger partial charge in [0.2, 0.25) is 17.2 Å². The number of imide groups is 1. The van der Waals surface area contributed by atoms with Gasteiger partial charge in [-0.05, 0) is 54.6 Å². The Morgan fingerprint density at radius 3 is 2.30 bits per heavy atom. The first-order valence-corrected chi connectivity index (χ1v) is 13.7. The Morgan fingerprint density at radius 1 is 0.825 bits per heavy atom. The minimum absolute atomic E-state index is 0.0431. The number of benzene rings is 3. The largest absolute Gasteiger partial charge is 0.508 e. The Balaban J connectivity index is 1.26. The summed E-state index contributed by atoms with van der Waals surface area (Å²) >= 11 is 3.43. The fourth-order valence-electron chi connectivity index (χ4n) is 6.79. The number of anilines is 2. The van der Waals surface area contributed by atoms with Crippen molar-refractivity contribution in [3.63, 3.8) is 0 Å². The van der Waals surface area contributed by atoms with E-state index in [1.165, 1.54) is 23.3 Å². The van der Waals surface area contributed by atoms with Crippen LogP contribution in [0.15, 0.2) is 97.8 Å². The van der Waals surface area contributed by atoms with Crippen LogP contribution in [-0.2, 0) is 14.3 Å². The summed E-state index contributed by atoms with van der Waals surface area (Å²) in [5.41, 5.74) is 2.21. The maximum Gasteiger partial charge on any atom is 0.240 e. The lowest BCUT2D eigenvalue weighted by Gasteiger charge is -2.32. The number of halogens is 1. The number of aromatic hydroxyl groups is 1. The minimum atomic E-state index is -0.713. The van der Waals surface area contributed by atoms with E-state index < -0.39 is 36.0 Å². The maximum absolute atomic E-state index is 13.8. The molecule has 6 atom stereocenters. The highest BCUT2D eigenvalue weighted by molar-refractivity contribution is 9.10. The van der Waals surface area contributed by atoms with Gasteiger partial charge < -0.3 is 14.3 Å². The zero-order valence-electron chi connectivity index (χ0n) is 20.7. The van der Waals surface area contributed by atoms with Gasteiger partial charge in [0.1, 0.15) is 17.6 Å². The van der Waals surface area contributed by atoms with Crippen molar-refractivity contribution in [1.82, 2.24) is 0 Å². The molecular weight excluding hydrogens is 578 g/mol. The number of rotatable bonds is 3. The molecule has 1 aromatic heterocycles. The van der Waals surface area contributed by atoms with E-state index >= 15 is 0 Å². The van der Waals surface area contributed by atoms with Crippen molar-refractivity contribution in [2.24, 2.45) is 22.9 Å². The molecule has 2 bridgehead atoms. The quantitative estimate of drug-likeness (QED) is 0.354. The van der Waals surface area contributed by atoms with Gasteiger partial charge >= 0.3 is 0 Å². The Kier molecular flexibility index (Phi) is 4.93. The number of hydrazone groups is 1. The second-order valence-electron chi connectivity index (χ2n) is 10.4. The molecule has 4 aliphatic heterocycles. The van der Waals surface area contributed by atoms with Crippen LogP contribution in [0.1, 0.15) is 5.56 Å². The molecule has 8 rings (SSSR count). The first-order chi connectivity index (χ1) is 19.4. The van der Waals surface area contributed by atoms with Gasteiger partial charge in [0.25, 0.3) is 0 Å². The molecule has 3 fully saturated rings. The number of para-hydroxylation sites is 1. The van der Waals surface area contributed by atoms with Crippen LogP contribution in [-0.4, -0.2) is 40.9 Å². The van der Waals surface area contributed by atoms with E-state index in [-0.39, 0.29) is 23.0 Å². The summed E-state index contributed by atoms with van der Waals surface area (Å²) in [6.07, 6.45) is 0.168. The zero-order chi connectivity index (χ0) is 27.3. The van der Waals surface area contributed by atoms with Crippen LogP contribution in [0.25, 0.3) is 11.0 Å². The molecule has 3 saturated heterocycles. The second kappa shape index (κ2) is 8.36. The highest BCUT2D eigenvalue weighted by Gasteiger charge is 2.72. The topological polar surface area (TPSA) is 113 Å². The first kappa shape index (κ1) is 23.6. The van der Waals surface area contributed by atoms with Crippen molar-refractivity contribution in [3.05, 3.63) is 99.3 Å². The van der Waals surface area contributed by atoms with Crippen molar-refractivity contribution in [2.45, 2.75) is 18.2 Å². The predicted octanol–water partition coefficient (Wildman–Crippen LogP) is 4.06. The Hall–Kier alpha value is -4.28. The van der Waals surface area contributed by atoms with Gasteiger partial charge in [0.15, 0.2) is 0 Å². The fourth-order valence-corrected chi connectivity index (χ4v) is 7.15. The zero-order valence-corrected chi connectivity index (χ0v) is 22.3. The number of hydrogen-bond acceptors (Lipinski definition) is 8. The van der Waals surface area contributed by atoms with Gasteiger partial charge in [-0.25, -0.2) is 4.90 Å². The summed E-state index contributed by atoms with van der Waals surface area (Å²) in [5.74, 6) is -2.47. The van der Waals surface area contributed by atoms with Crippen LogP contribution >= 0.6 is 15.9 Å². The average Bonchev–Trinajstić information content (AvgIpc) is 3.70. The van der Waals surface area contributed by atoms with Crippen LogP contribution < -0.4 is 15.3 Å². The summed E-state index contributed by atoms with van der Waals surface area (Å²) < 4.78 is 13.0. The summed E-state index contributed by atoms with van der Waals surface area (Å²) in [5, 5.41) is 16.9. The monoisotopic (exact) mass is 597 g/mol. The van der Waals surface area contributed by atoms with E-state index in [0.29, 0.717) is 27.9 Å². The third kappa shape index (κ3) is 3.11. The van der Waals surface area contributed by atoms with Crippen molar-refractivity contribution < 1.29 is 23.8 Å². The molecule has 40 heavy (non-hydrogen) atoms. The molecule has 4 aromatic rings. The molecule has 6 unspecified atom stereocenters. The summed E-state index contributed by atoms with van der Waals surface area (Å²) in [4.78, 5) is 42.4. The van der Waals surface area contributed by atoms with E-state index in [1.54, 1.807) is 30.3 Å². The predicted molar refractivity (Wildman–Crippen MR) is 149 cm³/mol. The number of nitrogens with zero attached hydrogens (tertiary/aromatic N) is 3. The van der Waals surface area contributed by atoms with Crippen molar-refractivity contribution in [2.75, 3.05) is 9.91 Å². The number of carbonyl (C=O) groups is 2. The first-order valence-electron chi connectivity index (χ1n) is 12.9. The molecule has 0 radical (unpaired) electrons. The molecule has 10 heteroatoms.